The number of carbonyl (C=O) groups excluding carboxylic acids is 3. The number of benzene rings is 3. The van der Waals surface area contributed by atoms with Crippen LogP contribution < -0.4 is 15.1 Å². The fourth-order valence-electron chi connectivity index (χ4n) is 5.35. The Hall–Kier alpha value is -3.87. The van der Waals surface area contributed by atoms with Crippen molar-refractivity contribution in [3.63, 3.8) is 0 Å². The third-order valence-electron chi connectivity index (χ3n) is 7.35. The molecule has 1 fully saturated rings. The van der Waals surface area contributed by atoms with Crippen LogP contribution in [0.15, 0.2) is 82.6 Å². The lowest BCUT2D eigenvalue weighted by atomic mass is 9.83. The normalized spacial score (nSPS) is 19.7. The molecule has 3 amide bonds. The summed E-state index contributed by atoms with van der Waals surface area (Å²) in [5, 5.41) is 2.38. The number of hydrogen-bond acceptors (Lipinski definition) is 6. The van der Waals surface area contributed by atoms with Gasteiger partial charge in [0.15, 0.2) is 0 Å². The average molecular weight is 644 g/mol. The summed E-state index contributed by atoms with van der Waals surface area (Å²) in [5.41, 5.74) is 1.07. The van der Waals surface area contributed by atoms with Crippen LogP contribution >= 0.6 is 34.7 Å². The van der Waals surface area contributed by atoms with Crippen LogP contribution in [0, 0.1) is 12.8 Å². The van der Waals surface area contributed by atoms with Crippen LogP contribution in [0.3, 0.4) is 0 Å². The molecule has 1 N–H and O–H groups in total. The highest BCUT2D eigenvalue weighted by Gasteiger charge is 2.56. The number of nitrogens with zero attached hydrogens (tertiary/aromatic N) is 2. The fraction of sp³-hybridized carbons (Fsp3) is 0.200. The largest absolute Gasteiger partial charge is 0.416 e. The molecule has 43 heavy (non-hydrogen) atoms. The van der Waals surface area contributed by atoms with Crippen LogP contribution in [-0.2, 0) is 27.1 Å². The van der Waals surface area contributed by atoms with E-state index in [0.29, 0.717) is 26.2 Å². The standard InChI is InChI=1S/C30H21ClF3N3O4S2/c1-15-5-11-20(12-6-15)37-26(39)23-22(16-7-9-18(31)10-8-16)25-28(42-24(23)27(37)40)36(29(41)43-25)14-21(38)35-19-4-2-3-17(13-19)30(32,33)34/h2-13,22-24H,14H2,1H3,(H,35,38). The lowest BCUT2D eigenvalue weighted by molar-refractivity contribution is -0.137. The number of carbonyl (C=O) groups is 3. The number of nitrogens with one attached hydrogen (secondary N) is 1. The van der Waals surface area contributed by atoms with Crippen molar-refractivity contribution < 1.29 is 27.6 Å². The summed E-state index contributed by atoms with van der Waals surface area (Å²) < 4.78 is 40.7. The molecule has 1 aromatic heterocycles. The van der Waals surface area contributed by atoms with E-state index in [2.05, 4.69) is 5.32 Å². The first kappa shape index (κ1) is 29.2. The molecule has 2 aliphatic heterocycles. The maximum Gasteiger partial charge on any atom is 0.416 e. The summed E-state index contributed by atoms with van der Waals surface area (Å²) in [6.45, 7) is 1.40. The van der Waals surface area contributed by atoms with Gasteiger partial charge in [-0.1, -0.05) is 70.6 Å². The number of anilines is 2. The first-order valence-corrected chi connectivity index (χ1v) is 15.1. The van der Waals surface area contributed by atoms with Crippen molar-refractivity contribution in [2.24, 2.45) is 5.92 Å². The Kier molecular flexibility index (Phi) is 7.47. The van der Waals surface area contributed by atoms with E-state index in [9.17, 15) is 32.3 Å². The highest BCUT2D eigenvalue weighted by Crippen LogP contribution is 2.54. The molecule has 1 saturated heterocycles. The topological polar surface area (TPSA) is 88.5 Å². The zero-order valence-corrected chi connectivity index (χ0v) is 24.6. The molecular weight excluding hydrogens is 623 g/mol. The molecule has 220 valence electrons. The van der Waals surface area contributed by atoms with Gasteiger partial charge in [0.25, 0.3) is 0 Å². The van der Waals surface area contributed by atoms with Crippen molar-refractivity contribution >= 4 is 63.8 Å². The van der Waals surface area contributed by atoms with Gasteiger partial charge in [-0.15, -0.1) is 0 Å². The quantitative estimate of drug-likeness (QED) is 0.257. The lowest BCUT2D eigenvalue weighted by Gasteiger charge is -2.30. The molecule has 0 aliphatic carbocycles. The molecular formula is C30H21ClF3N3O4S2. The van der Waals surface area contributed by atoms with E-state index in [-0.39, 0.29) is 5.69 Å². The summed E-state index contributed by atoms with van der Waals surface area (Å²) >= 11 is 8.05. The summed E-state index contributed by atoms with van der Waals surface area (Å²) in [5.74, 6) is -3.05. The Labute approximate surface area is 256 Å². The van der Waals surface area contributed by atoms with Crippen LogP contribution in [-0.4, -0.2) is 27.5 Å². The van der Waals surface area contributed by atoms with Gasteiger partial charge in [0, 0.05) is 21.5 Å². The molecule has 13 heteroatoms. The van der Waals surface area contributed by atoms with E-state index in [1.165, 1.54) is 21.6 Å². The predicted molar refractivity (Wildman–Crippen MR) is 159 cm³/mol. The Balaban J connectivity index is 1.37. The van der Waals surface area contributed by atoms with Gasteiger partial charge in [0.2, 0.25) is 17.7 Å². The zero-order valence-electron chi connectivity index (χ0n) is 22.2. The Morgan fingerprint density at radius 3 is 2.35 bits per heavy atom. The number of thioether (sulfide) groups is 1. The number of rotatable bonds is 5. The van der Waals surface area contributed by atoms with E-state index in [0.717, 1.165) is 40.8 Å². The number of aryl methyl sites for hydroxylation is 1. The van der Waals surface area contributed by atoms with Gasteiger partial charge in [0.1, 0.15) is 11.8 Å². The first-order chi connectivity index (χ1) is 20.4. The summed E-state index contributed by atoms with van der Waals surface area (Å²) in [6, 6.07) is 18.0. The average Bonchev–Trinajstić information content (AvgIpc) is 3.40. The van der Waals surface area contributed by atoms with E-state index >= 15 is 0 Å². The lowest BCUT2D eigenvalue weighted by Crippen LogP contribution is -2.33. The van der Waals surface area contributed by atoms with Crippen molar-refractivity contribution in [3.8, 4) is 0 Å². The summed E-state index contributed by atoms with van der Waals surface area (Å²) in [6.07, 6.45) is -4.59. The number of halogens is 4. The minimum Gasteiger partial charge on any atom is -0.325 e. The molecule has 6 rings (SSSR count). The number of aromatic nitrogens is 1. The fourth-order valence-corrected chi connectivity index (χ4v) is 8.25. The molecule has 2 aliphatic rings. The molecule has 0 radical (unpaired) electrons. The van der Waals surface area contributed by atoms with Crippen molar-refractivity contribution in [1.82, 2.24) is 4.57 Å². The van der Waals surface area contributed by atoms with Gasteiger partial charge in [-0.25, -0.2) is 4.90 Å². The summed E-state index contributed by atoms with van der Waals surface area (Å²) in [4.78, 5) is 55.1. The second-order valence-corrected chi connectivity index (χ2v) is 12.8. The van der Waals surface area contributed by atoms with E-state index in [4.69, 9.17) is 11.6 Å². The van der Waals surface area contributed by atoms with Crippen LogP contribution in [0.2, 0.25) is 5.02 Å². The van der Waals surface area contributed by atoms with Gasteiger partial charge in [-0.2, -0.15) is 13.2 Å². The van der Waals surface area contributed by atoms with Gasteiger partial charge in [0.05, 0.1) is 22.2 Å². The van der Waals surface area contributed by atoms with Crippen molar-refractivity contribution in [3.05, 3.63) is 109 Å². The number of alkyl halides is 3. The molecule has 0 saturated carbocycles. The minimum atomic E-state index is -4.59. The smallest absolute Gasteiger partial charge is 0.325 e. The second-order valence-electron chi connectivity index (χ2n) is 10.2. The number of amides is 3. The molecule has 3 atom stereocenters. The van der Waals surface area contributed by atoms with Gasteiger partial charge in [-0.3, -0.25) is 23.7 Å². The predicted octanol–water partition coefficient (Wildman–Crippen LogP) is 6.32. The number of hydrogen-bond donors (Lipinski definition) is 1. The number of imide groups is 1. The highest BCUT2D eigenvalue weighted by molar-refractivity contribution is 8.00. The zero-order chi connectivity index (χ0) is 30.6. The maximum atomic E-state index is 13.9. The van der Waals surface area contributed by atoms with Crippen molar-refractivity contribution in [1.29, 1.82) is 0 Å². The number of thiazole rings is 1. The Bertz CT molecular complexity index is 1820. The van der Waals surface area contributed by atoms with Gasteiger partial charge < -0.3 is 5.32 Å². The summed E-state index contributed by atoms with van der Waals surface area (Å²) in [7, 11) is 0. The molecule has 3 aromatic carbocycles. The van der Waals surface area contributed by atoms with E-state index in [1.54, 1.807) is 48.5 Å². The third-order valence-corrected chi connectivity index (χ3v) is 10.2. The highest BCUT2D eigenvalue weighted by atomic mass is 35.5. The van der Waals surface area contributed by atoms with Crippen LogP contribution in [0.1, 0.15) is 27.5 Å². The molecule has 3 heterocycles. The number of fused-ring (bicyclic) bond motifs is 2. The van der Waals surface area contributed by atoms with Crippen molar-refractivity contribution in [2.75, 3.05) is 10.2 Å². The van der Waals surface area contributed by atoms with Gasteiger partial charge in [-0.05, 0) is 55.0 Å². The molecule has 4 aromatic rings. The van der Waals surface area contributed by atoms with Crippen LogP contribution in [0.4, 0.5) is 24.5 Å². The molecule has 7 nitrogen and oxygen atoms in total. The maximum absolute atomic E-state index is 13.9. The van der Waals surface area contributed by atoms with Crippen LogP contribution in [0.25, 0.3) is 0 Å². The SMILES string of the molecule is Cc1ccc(N2C(=O)C3Sc4c(sc(=O)n4CC(=O)Nc4cccc(C(F)(F)F)c4)C(c4ccc(Cl)cc4)C3C2=O)cc1. The van der Waals surface area contributed by atoms with Gasteiger partial charge >= 0.3 is 11.0 Å². The van der Waals surface area contributed by atoms with E-state index < -0.39 is 58.0 Å². The van der Waals surface area contributed by atoms with Crippen LogP contribution in [0.5, 0.6) is 0 Å². The molecule has 0 bridgehead atoms. The molecule has 0 spiro atoms. The first-order valence-electron chi connectivity index (χ1n) is 13.0. The Morgan fingerprint density at radius 2 is 1.67 bits per heavy atom. The molecule has 3 unspecified atom stereocenters. The minimum absolute atomic E-state index is 0.0750. The second kappa shape index (κ2) is 11.0. The van der Waals surface area contributed by atoms with Crippen molar-refractivity contribution in [2.45, 2.75) is 35.8 Å². The Morgan fingerprint density at radius 1 is 0.977 bits per heavy atom. The third kappa shape index (κ3) is 5.39. The van der Waals surface area contributed by atoms with E-state index in [1.807, 2.05) is 6.92 Å². The monoisotopic (exact) mass is 643 g/mol.